The van der Waals surface area contributed by atoms with Gasteiger partial charge in [-0.1, -0.05) is 6.92 Å². The van der Waals surface area contributed by atoms with Crippen molar-refractivity contribution in [3.05, 3.63) is 21.4 Å². The van der Waals surface area contributed by atoms with E-state index in [1.165, 1.54) is 10.4 Å². The van der Waals surface area contributed by atoms with E-state index in [4.69, 9.17) is 4.74 Å². The minimum absolute atomic E-state index is 0.118. The molecule has 4 rings (SSSR count). The summed E-state index contributed by atoms with van der Waals surface area (Å²) >= 11 is 1.71. The van der Waals surface area contributed by atoms with Crippen LogP contribution in [0.4, 0.5) is 0 Å². The van der Waals surface area contributed by atoms with E-state index in [9.17, 15) is 4.79 Å². The number of carbonyl (C=O) groups is 1. The van der Waals surface area contributed by atoms with Crippen molar-refractivity contribution >= 4 is 17.2 Å². The zero-order valence-corrected chi connectivity index (χ0v) is 14.8. The Morgan fingerprint density at radius 1 is 1.26 bits per heavy atom. The third-order valence-electron chi connectivity index (χ3n) is 5.69. The number of nitrogens with zero attached hydrogens (tertiary/aromatic N) is 2. The number of carbonyl (C=O) groups excluding carboxylic acids is 1. The second kappa shape index (κ2) is 6.19. The summed E-state index contributed by atoms with van der Waals surface area (Å²) in [4.78, 5) is 19.5. The van der Waals surface area contributed by atoms with Crippen LogP contribution in [-0.4, -0.2) is 55.0 Å². The van der Waals surface area contributed by atoms with Gasteiger partial charge in [0.2, 0.25) is 0 Å². The second-order valence-corrected chi connectivity index (χ2v) is 8.04. The molecule has 4 heterocycles. The van der Waals surface area contributed by atoms with E-state index in [-0.39, 0.29) is 11.5 Å². The summed E-state index contributed by atoms with van der Waals surface area (Å²) in [6, 6.07) is 2.16. The molecule has 23 heavy (non-hydrogen) atoms. The Kier molecular flexibility index (Phi) is 4.20. The number of hydrogen-bond acceptors (Lipinski definition) is 4. The lowest BCUT2D eigenvalue weighted by Gasteiger charge is -2.43. The van der Waals surface area contributed by atoms with Gasteiger partial charge in [0, 0.05) is 31.1 Å². The summed E-state index contributed by atoms with van der Waals surface area (Å²) in [5, 5.41) is 0. The van der Waals surface area contributed by atoms with Crippen molar-refractivity contribution in [2.75, 3.05) is 39.3 Å². The first-order valence-corrected chi connectivity index (χ1v) is 9.82. The van der Waals surface area contributed by atoms with Gasteiger partial charge in [-0.05, 0) is 50.3 Å². The second-order valence-electron chi connectivity index (χ2n) is 6.99. The molecule has 4 nitrogen and oxygen atoms in total. The molecule has 1 aromatic rings. The van der Waals surface area contributed by atoms with Gasteiger partial charge in [-0.2, -0.15) is 0 Å². The maximum Gasteiger partial charge on any atom is 0.263 e. The molecule has 0 aliphatic carbocycles. The van der Waals surface area contributed by atoms with E-state index in [2.05, 4.69) is 17.9 Å². The van der Waals surface area contributed by atoms with Crippen LogP contribution < -0.4 is 0 Å². The average molecular weight is 334 g/mol. The summed E-state index contributed by atoms with van der Waals surface area (Å²) < 4.78 is 6.30. The van der Waals surface area contributed by atoms with Crippen LogP contribution in [0.5, 0.6) is 0 Å². The Morgan fingerprint density at radius 2 is 2.00 bits per heavy atom. The van der Waals surface area contributed by atoms with Gasteiger partial charge in [0.25, 0.3) is 5.91 Å². The molecule has 1 aromatic heterocycles. The Morgan fingerprint density at radius 3 is 2.70 bits per heavy atom. The maximum atomic E-state index is 12.7. The summed E-state index contributed by atoms with van der Waals surface area (Å²) in [5.74, 6) is 0.239. The van der Waals surface area contributed by atoms with Crippen molar-refractivity contribution in [1.82, 2.24) is 9.80 Å². The van der Waals surface area contributed by atoms with Crippen molar-refractivity contribution in [2.24, 2.45) is 0 Å². The van der Waals surface area contributed by atoms with Gasteiger partial charge in [-0.15, -0.1) is 11.3 Å². The number of piperidine rings is 1. The molecule has 0 saturated carbocycles. The lowest BCUT2D eigenvalue weighted by atomic mass is 9.85. The van der Waals surface area contributed by atoms with Crippen molar-refractivity contribution in [3.8, 4) is 0 Å². The summed E-state index contributed by atoms with van der Waals surface area (Å²) in [5.41, 5.74) is 1.25. The summed E-state index contributed by atoms with van der Waals surface area (Å²) in [6.07, 6.45) is 5.38. The van der Waals surface area contributed by atoms with Crippen LogP contribution in [0.25, 0.3) is 0 Å². The molecule has 2 fully saturated rings. The zero-order valence-electron chi connectivity index (χ0n) is 14.0. The lowest BCUT2D eigenvalue weighted by Crippen LogP contribution is -2.45. The van der Waals surface area contributed by atoms with Crippen molar-refractivity contribution in [3.63, 3.8) is 0 Å². The average Bonchev–Trinajstić information content (AvgIpc) is 3.25. The molecule has 1 amide bonds. The van der Waals surface area contributed by atoms with Crippen LogP contribution in [-0.2, 0) is 16.8 Å². The standard InChI is InChI=1S/C18H26N2O2S/c1-2-19-10-6-18(7-11-19)16-14(5-12-22-18)13-15(23-16)17(21)20-8-3-4-9-20/h13H,2-12H2,1H3. The van der Waals surface area contributed by atoms with Crippen molar-refractivity contribution in [2.45, 2.75) is 44.6 Å². The van der Waals surface area contributed by atoms with E-state index in [1.807, 2.05) is 4.90 Å². The number of thiophene rings is 1. The van der Waals surface area contributed by atoms with Crippen LogP contribution in [0.2, 0.25) is 0 Å². The molecule has 2 saturated heterocycles. The number of rotatable bonds is 2. The van der Waals surface area contributed by atoms with Crippen LogP contribution in [0.3, 0.4) is 0 Å². The Bertz CT molecular complexity index is 584. The van der Waals surface area contributed by atoms with Gasteiger partial charge in [0.05, 0.1) is 11.5 Å². The molecular formula is C18H26N2O2S. The first-order valence-electron chi connectivity index (χ1n) is 9.01. The number of likely N-dealkylation sites (tertiary alicyclic amines) is 2. The van der Waals surface area contributed by atoms with E-state index < -0.39 is 0 Å². The van der Waals surface area contributed by atoms with Gasteiger partial charge in [-0.25, -0.2) is 0 Å². The molecule has 1 spiro atoms. The van der Waals surface area contributed by atoms with Crippen LogP contribution in [0, 0.1) is 0 Å². The molecule has 3 aliphatic heterocycles. The third kappa shape index (κ3) is 2.73. The van der Waals surface area contributed by atoms with Crippen LogP contribution in [0.15, 0.2) is 6.07 Å². The molecule has 0 bridgehead atoms. The number of hydrogen-bond donors (Lipinski definition) is 0. The zero-order chi connectivity index (χ0) is 15.9. The molecule has 5 heteroatoms. The highest BCUT2D eigenvalue weighted by Crippen LogP contribution is 2.45. The minimum Gasteiger partial charge on any atom is -0.369 e. The highest BCUT2D eigenvalue weighted by Gasteiger charge is 2.42. The molecule has 3 aliphatic rings. The fourth-order valence-electron chi connectivity index (χ4n) is 4.21. The fourth-order valence-corrected chi connectivity index (χ4v) is 5.58. The largest absolute Gasteiger partial charge is 0.369 e. The highest BCUT2D eigenvalue weighted by atomic mass is 32.1. The summed E-state index contributed by atoms with van der Waals surface area (Å²) in [7, 11) is 0. The first-order chi connectivity index (χ1) is 11.2. The highest BCUT2D eigenvalue weighted by molar-refractivity contribution is 7.14. The number of ether oxygens (including phenoxy) is 1. The third-order valence-corrected chi connectivity index (χ3v) is 7.04. The predicted octanol–water partition coefficient (Wildman–Crippen LogP) is 2.87. The van der Waals surface area contributed by atoms with Gasteiger partial charge in [0.1, 0.15) is 5.60 Å². The smallest absolute Gasteiger partial charge is 0.263 e. The van der Waals surface area contributed by atoms with E-state index in [0.29, 0.717) is 0 Å². The molecule has 0 aromatic carbocycles. The van der Waals surface area contributed by atoms with Gasteiger partial charge in [-0.3, -0.25) is 4.79 Å². The molecule has 0 N–H and O–H groups in total. The number of amides is 1. The lowest BCUT2D eigenvalue weighted by molar-refractivity contribution is -0.0944. The quantitative estimate of drug-likeness (QED) is 0.834. The van der Waals surface area contributed by atoms with Crippen molar-refractivity contribution < 1.29 is 9.53 Å². The van der Waals surface area contributed by atoms with Crippen LogP contribution >= 0.6 is 11.3 Å². The first kappa shape index (κ1) is 15.6. The Balaban J connectivity index is 1.60. The molecule has 126 valence electrons. The van der Waals surface area contributed by atoms with Gasteiger partial charge < -0.3 is 14.5 Å². The van der Waals surface area contributed by atoms with E-state index in [0.717, 1.165) is 76.3 Å². The molecular weight excluding hydrogens is 308 g/mol. The number of fused-ring (bicyclic) bond motifs is 2. The Hall–Kier alpha value is -0.910. The maximum absolute atomic E-state index is 12.7. The fraction of sp³-hybridized carbons (Fsp3) is 0.722. The van der Waals surface area contributed by atoms with E-state index in [1.54, 1.807) is 11.3 Å². The van der Waals surface area contributed by atoms with Gasteiger partial charge in [0.15, 0.2) is 0 Å². The molecule has 0 unspecified atom stereocenters. The molecule has 0 radical (unpaired) electrons. The Labute approximate surface area is 142 Å². The van der Waals surface area contributed by atoms with Gasteiger partial charge >= 0.3 is 0 Å². The van der Waals surface area contributed by atoms with Crippen molar-refractivity contribution in [1.29, 1.82) is 0 Å². The SMILES string of the molecule is CCN1CCC2(CC1)OCCc1cc(C(=O)N3CCCC3)sc12. The van der Waals surface area contributed by atoms with E-state index >= 15 is 0 Å². The normalized spacial score (nSPS) is 24.1. The minimum atomic E-state index is -0.118. The topological polar surface area (TPSA) is 32.8 Å². The molecule has 0 atom stereocenters. The van der Waals surface area contributed by atoms with Crippen LogP contribution in [0.1, 0.15) is 52.7 Å². The summed E-state index contributed by atoms with van der Waals surface area (Å²) in [6.45, 7) is 8.19. The predicted molar refractivity (Wildman–Crippen MR) is 92.1 cm³/mol. The monoisotopic (exact) mass is 334 g/mol.